The summed E-state index contributed by atoms with van der Waals surface area (Å²) < 4.78 is 11.0. The minimum Gasteiger partial charge on any atom is -0.497 e. The summed E-state index contributed by atoms with van der Waals surface area (Å²) in [6, 6.07) is 7.35. The van der Waals surface area contributed by atoms with Gasteiger partial charge in [0, 0.05) is 13.3 Å². The van der Waals surface area contributed by atoms with Crippen LogP contribution in [0.5, 0.6) is 5.75 Å². The SMILES string of the molecule is COc1ccc(COC(=C(C)CC=O)N2C(=O)[C@H](Br)[C@H]2SC(C)=O)cc1. The van der Waals surface area contributed by atoms with Crippen molar-refractivity contribution >= 4 is 45.0 Å². The standard InChI is InChI=1S/C18H20BrNO5S/c1-11(8-9-21)17(20-16(23)15(19)18(20)26-12(2)22)25-10-13-4-6-14(24-3)7-5-13/h4-7,9,15,18H,8,10H2,1-3H3/t15-,18+/m0/s1. The van der Waals surface area contributed by atoms with Gasteiger partial charge in [0.2, 0.25) is 5.91 Å². The number of thioether (sulfide) groups is 1. The van der Waals surface area contributed by atoms with Crippen LogP contribution in [0, 0.1) is 0 Å². The molecule has 2 rings (SSSR count). The summed E-state index contributed by atoms with van der Waals surface area (Å²) in [7, 11) is 1.59. The van der Waals surface area contributed by atoms with Gasteiger partial charge in [-0.2, -0.15) is 0 Å². The molecule has 1 aromatic rings. The van der Waals surface area contributed by atoms with E-state index in [1.54, 1.807) is 14.0 Å². The number of carbonyl (C=O) groups excluding carboxylic acids is 3. The predicted octanol–water partition coefficient (Wildman–Crippen LogP) is 3.24. The van der Waals surface area contributed by atoms with E-state index in [-0.39, 0.29) is 24.1 Å². The van der Waals surface area contributed by atoms with Crippen LogP contribution in [0.15, 0.2) is 35.7 Å². The molecule has 1 fully saturated rings. The van der Waals surface area contributed by atoms with Crippen LogP contribution in [0.1, 0.15) is 25.8 Å². The molecule has 0 radical (unpaired) electrons. The van der Waals surface area contributed by atoms with Crippen LogP contribution < -0.4 is 4.74 Å². The molecule has 0 aromatic heterocycles. The van der Waals surface area contributed by atoms with Crippen LogP contribution in [0.3, 0.4) is 0 Å². The Balaban J connectivity index is 2.20. The Morgan fingerprint density at radius 3 is 2.50 bits per heavy atom. The summed E-state index contributed by atoms with van der Waals surface area (Å²) in [5.41, 5.74) is 1.52. The van der Waals surface area contributed by atoms with Crippen molar-refractivity contribution in [3.05, 3.63) is 41.3 Å². The number of halogens is 1. The van der Waals surface area contributed by atoms with E-state index in [4.69, 9.17) is 9.47 Å². The third-order valence-electron chi connectivity index (χ3n) is 3.77. The van der Waals surface area contributed by atoms with Crippen LogP contribution in [0.4, 0.5) is 0 Å². The fraction of sp³-hybridized carbons (Fsp3) is 0.389. The third kappa shape index (κ3) is 4.67. The zero-order valence-corrected chi connectivity index (χ0v) is 17.1. The number of rotatable bonds is 8. The van der Waals surface area contributed by atoms with Gasteiger partial charge in [-0.25, -0.2) is 0 Å². The van der Waals surface area contributed by atoms with Crippen LogP contribution in [0.25, 0.3) is 0 Å². The zero-order chi connectivity index (χ0) is 19.3. The number of aldehydes is 1. The summed E-state index contributed by atoms with van der Waals surface area (Å²) in [6.45, 7) is 3.41. The molecule has 1 saturated heterocycles. The molecule has 1 aromatic carbocycles. The van der Waals surface area contributed by atoms with E-state index in [9.17, 15) is 14.4 Å². The second kappa shape index (κ2) is 9.23. The molecule has 0 N–H and O–H groups in total. The van der Waals surface area contributed by atoms with E-state index in [0.29, 0.717) is 11.5 Å². The number of likely N-dealkylation sites (tertiary alicyclic amines) is 1. The van der Waals surface area contributed by atoms with Crippen molar-refractivity contribution in [1.82, 2.24) is 4.90 Å². The third-order valence-corrected chi connectivity index (χ3v) is 6.07. The molecule has 1 aliphatic heterocycles. The summed E-state index contributed by atoms with van der Waals surface area (Å²) in [5, 5.41) is -0.494. The molecule has 26 heavy (non-hydrogen) atoms. The van der Waals surface area contributed by atoms with Crippen LogP contribution in [0.2, 0.25) is 0 Å². The minimum atomic E-state index is -0.458. The Labute approximate surface area is 165 Å². The maximum atomic E-state index is 12.3. The summed E-state index contributed by atoms with van der Waals surface area (Å²) >= 11 is 4.36. The first kappa shape index (κ1) is 20.5. The van der Waals surface area contributed by atoms with Crippen molar-refractivity contribution in [3.63, 3.8) is 0 Å². The Bertz CT molecular complexity index is 719. The number of carbonyl (C=O) groups is 3. The van der Waals surface area contributed by atoms with E-state index in [0.717, 1.165) is 29.4 Å². The average Bonchev–Trinajstić information content (AvgIpc) is 2.63. The van der Waals surface area contributed by atoms with Gasteiger partial charge < -0.3 is 14.3 Å². The van der Waals surface area contributed by atoms with Crippen molar-refractivity contribution in [1.29, 1.82) is 0 Å². The molecule has 6 nitrogen and oxygen atoms in total. The first-order valence-electron chi connectivity index (χ1n) is 7.92. The molecule has 1 amide bonds. The summed E-state index contributed by atoms with van der Waals surface area (Å²) in [5.74, 6) is 0.866. The number of nitrogens with zero attached hydrogens (tertiary/aromatic N) is 1. The highest BCUT2D eigenvalue weighted by Crippen LogP contribution is 2.39. The number of methoxy groups -OCH3 is 1. The molecule has 8 heteroatoms. The highest BCUT2D eigenvalue weighted by molar-refractivity contribution is 9.10. The highest BCUT2D eigenvalue weighted by Gasteiger charge is 2.50. The van der Waals surface area contributed by atoms with Crippen LogP contribution >= 0.6 is 27.7 Å². The molecule has 0 spiro atoms. The Kier molecular flexibility index (Phi) is 7.28. The van der Waals surface area contributed by atoms with E-state index >= 15 is 0 Å². The number of benzene rings is 1. The molecule has 1 heterocycles. The second-order valence-electron chi connectivity index (χ2n) is 5.70. The maximum absolute atomic E-state index is 12.3. The average molecular weight is 442 g/mol. The number of hydrogen-bond donors (Lipinski definition) is 0. The van der Waals surface area contributed by atoms with Gasteiger partial charge in [-0.05, 0) is 30.2 Å². The van der Waals surface area contributed by atoms with Crippen molar-refractivity contribution in [2.75, 3.05) is 7.11 Å². The normalized spacial score (nSPS) is 20.2. The quantitative estimate of drug-likeness (QED) is 0.266. The fourth-order valence-corrected chi connectivity index (χ4v) is 4.07. The molecule has 0 bridgehead atoms. The van der Waals surface area contributed by atoms with Gasteiger partial charge in [0.05, 0.1) is 7.11 Å². The number of allylic oxidation sites excluding steroid dienone is 1. The van der Waals surface area contributed by atoms with Gasteiger partial charge in [0.15, 0.2) is 11.0 Å². The fourth-order valence-electron chi connectivity index (χ4n) is 2.41. The Hall–Kier alpha value is -1.80. The first-order chi connectivity index (χ1) is 12.4. The maximum Gasteiger partial charge on any atom is 0.247 e. The van der Waals surface area contributed by atoms with E-state index < -0.39 is 10.2 Å². The molecule has 0 unspecified atom stereocenters. The monoisotopic (exact) mass is 441 g/mol. The van der Waals surface area contributed by atoms with Gasteiger partial charge in [-0.3, -0.25) is 14.5 Å². The van der Waals surface area contributed by atoms with Crippen molar-refractivity contribution < 1.29 is 23.9 Å². The zero-order valence-electron chi connectivity index (χ0n) is 14.7. The smallest absolute Gasteiger partial charge is 0.247 e. The number of alkyl halides is 1. The lowest BCUT2D eigenvalue weighted by molar-refractivity contribution is -0.141. The Morgan fingerprint density at radius 1 is 1.31 bits per heavy atom. The predicted molar refractivity (Wildman–Crippen MR) is 103 cm³/mol. The number of hydrogen-bond acceptors (Lipinski definition) is 6. The highest BCUT2D eigenvalue weighted by atomic mass is 79.9. The van der Waals surface area contributed by atoms with Crippen molar-refractivity contribution in [3.8, 4) is 5.75 Å². The molecular weight excluding hydrogens is 422 g/mol. The molecule has 140 valence electrons. The van der Waals surface area contributed by atoms with E-state index in [1.807, 2.05) is 24.3 Å². The van der Waals surface area contributed by atoms with Gasteiger partial charge in [-0.1, -0.05) is 39.8 Å². The number of ether oxygens (including phenoxy) is 2. The number of β-lactam (4-membered cyclic amide) rings is 1. The lowest BCUT2D eigenvalue weighted by atomic mass is 10.1. The van der Waals surface area contributed by atoms with E-state index in [2.05, 4.69) is 15.9 Å². The Morgan fingerprint density at radius 2 is 1.96 bits per heavy atom. The summed E-state index contributed by atoms with van der Waals surface area (Å²) in [6.07, 6.45) is 0.904. The van der Waals surface area contributed by atoms with Gasteiger partial charge in [-0.15, -0.1) is 0 Å². The molecule has 0 aliphatic carbocycles. The van der Waals surface area contributed by atoms with Gasteiger partial charge >= 0.3 is 0 Å². The lowest BCUT2D eigenvalue weighted by Gasteiger charge is -2.44. The van der Waals surface area contributed by atoms with Crippen LogP contribution in [-0.4, -0.2) is 39.5 Å². The van der Waals surface area contributed by atoms with Crippen molar-refractivity contribution in [2.45, 2.75) is 37.1 Å². The van der Waals surface area contributed by atoms with E-state index in [1.165, 1.54) is 11.8 Å². The van der Waals surface area contributed by atoms with Gasteiger partial charge in [0.1, 0.15) is 28.8 Å². The first-order valence-corrected chi connectivity index (χ1v) is 9.72. The van der Waals surface area contributed by atoms with Crippen LogP contribution in [-0.2, 0) is 25.7 Å². The largest absolute Gasteiger partial charge is 0.497 e. The molecular formula is C18H20BrNO5S. The van der Waals surface area contributed by atoms with Crippen molar-refractivity contribution in [2.24, 2.45) is 0 Å². The topological polar surface area (TPSA) is 72.9 Å². The number of amides is 1. The molecule has 0 saturated carbocycles. The molecule has 1 aliphatic rings. The molecule has 2 atom stereocenters. The second-order valence-corrected chi connectivity index (χ2v) is 7.98. The lowest BCUT2D eigenvalue weighted by Crippen LogP contribution is -2.60. The minimum absolute atomic E-state index is 0.0977. The van der Waals surface area contributed by atoms with Gasteiger partial charge in [0.25, 0.3) is 0 Å². The summed E-state index contributed by atoms with van der Waals surface area (Å²) in [4.78, 5) is 35.7.